The van der Waals surface area contributed by atoms with Crippen molar-refractivity contribution in [3.63, 3.8) is 0 Å². The zero-order valence-corrected chi connectivity index (χ0v) is 13.9. The topological polar surface area (TPSA) is 60.0 Å². The van der Waals surface area contributed by atoms with E-state index < -0.39 is 0 Å². The van der Waals surface area contributed by atoms with Gasteiger partial charge in [-0.25, -0.2) is 0 Å². The van der Waals surface area contributed by atoms with Crippen molar-refractivity contribution in [2.45, 2.75) is 18.9 Å². The van der Waals surface area contributed by atoms with Crippen molar-refractivity contribution >= 4 is 5.91 Å². The van der Waals surface area contributed by atoms with E-state index in [0.717, 1.165) is 19.6 Å². The first-order chi connectivity index (χ1) is 11.2. The third kappa shape index (κ3) is 3.08. The molecule has 0 saturated carbocycles. The minimum absolute atomic E-state index is 0.0944. The van der Waals surface area contributed by atoms with Crippen LogP contribution in [-0.4, -0.2) is 57.8 Å². The number of methoxy groups -OCH3 is 3. The van der Waals surface area contributed by atoms with E-state index in [1.807, 2.05) is 0 Å². The monoisotopic (exact) mass is 320 g/mol. The van der Waals surface area contributed by atoms with Crippen LogP contribution in [0.5, 0.6) is 17.2 Å². The maximum absolute atomic E-state index is 12.6. The zero-order valence-electron chi connectivity index (χ0n) is 13.9. The van der Waals surface area contributed by atoms with Gasteiger partial charge < -0.3 is 24.4 Å². The number of rotatable bonds is 5. The maximum Gasteiger partial charge on any atom is 0.251 e. The number of nitrogens with one attached hydrogen (secondary N) is 1. The lowest BCUT2D eigenvalue weighted by Crippen LogP contribution is -2.57. The summed E-state index contributed by atoms with van der Waals surface area (Å²) in [7, 11) is 4.64. The molecule has 2 bridgehead atoms. The van der Waals surface area contributed by atoms with Crippen LogP contribution in [0.4, 0.5) is 0 Å². The molecule has 1 N–H and O–H groups in total. The number of carbonyl (C=O) groups excluding carboxylic acids is 1. The largest absolute Gasteiger partial charge is 0.493 e. The Morgan fingerprint density at radius 1 is 1.09 bits per heavy atom. The van der Waals surface area contributed by atoms with Gasteiger partial charge in [0.05, 0.1) is 21.3 Å². The van der Waals surface area contributed by atoms with Crippen molar-refractivity contribution in [1.29, 1.82) is 0 Å². The lowest BCUT2D eigenvalue weighted by molar-refractivity contribution is 0.0620. The van der Waals surface area contributed by atoms with Crippen LogP contribution in [0.1, 0.15) is 23.2 Å². The van der Waals surface area contributed by atoms with Gasteiger partial charge in [0, 0.05) is 18.2 Å². The lowest BCUT2D eigenvalue weighted by atomic mass is 9.84. The summed E-state index contributed by atoms with van der Waals surface area (Å²) in [6.07, 6.45) is 2.33. The van der Waals surface area contributed by atoms with Gasteiger partial charge in [-0.2, -0.15) is 0 Å². The quantitative estimate of drug-likeness (QED) is 0.892. The molecule has 23 heavy (non-hydrogen) atoms. The Morgan fingerprint density at radius 3 is 2.13 bits per heavy atom. The molecule has 0 radical (unpaired) electrons. The van der Waals surface area contributed by atoms with Crippen LogP contribution in [0.25, 0.3) is 0 Å². The van der Waals surface area contributed by atoms with Crippen molar-refractivity contribution in [1.82, 2.24) is 10.2 Å². The standard InChI is InChI=1S/C17H24N2O4/c1-21-14-8-12(9-15(22-2)16(14)23-3)17(20)18-13-10-19-6-4-11(13)5-7-19/h8-9,11,13H,4-7,10H2,1-3H3,(H,18,20)/t13-/m0/s1. The number of carbonyl (C=O) groups is 1. The summed E-state index contributed by atoms with van der Waals surface area (Å²) in [6, 6.07) is 3.61. The highest BCUT2D eigenvalue weighted by Crippen LogP contribution is 2.38. The number of piperidine rings is 3. The van der Waals surface area contributed by atoms with E-state index in [1.54, 1.807) is 33.5 Å². The molecule has 1 amide bonds. The maximum atomic E-state index is 12.6. The Labute approximate surface area is 136 Å². The summed E-state index contributed by atoms with van der Waals surface area (Å²) in [5.41, 5.74) is 0.524. The first kappa shape index (κ1) is 15.9. The van der Waals surface area contributed by atoms with Crippen LogP contribution in [0.3, 0.4) is 0 Å². The molecule has 0 aromatic heterocycles. The molecule has 3 aliphatic heterocycles. The Morgan fingerprint density at radius 2 is 1.70 bits per heavy atom. The SMILES string of the molecule is COc1cc(C(=O)N[C@H]2CN3CCC2CC3)cc(OC)c1OC. The number of hydrogen-bond donors (Lipinski definition) is 1. The fourth-order valence-electron chi connectivity index (χ4n) is 3.59. The highest BCUT2D eigenvalue weighted by molar-refractivity contribution is 5.95. The van der Waals surface area contributed by atoms with Gasteiger partial charge in [-0.15, -0.1) is 0 Å². The second kappa shape index (κ2) is 6.66. The van der Waals surface area contributed by atoms with Crippen molar-refractivity contribution in [3.05, 3.63) is 17.7 Å². The van der Waals surface area contributed by atoms with E-state index in [0.29, 0.717) is 28.7 Å². The Hall–Kier alpha value is -1.95. The number of benzene rings is 1. The number of ether oxygens (including phenoxy) is 3. The van der Waals surface area contributed by atoms with Crippen LogP contribution in [0, 0.1) is 5.92 Å². The van der Waals surface area contributed by atoms with E-state index in [-0.39, 0.29) is 11.9 Å². The Balaban J connectivity index is 1.79. The molecular formula is C17H24N2O4. The van der Waals surface area contributed by atoms with Gasteiger partial charge in [0.1, 0.15) is 0 Å². The molecular weight excluding hydrogens is 296 g/mol. The van der Waals surface area contributed by atoms with Gasteiger partial charge in [0.2, 0.25) is 5.75 Å². The van der Waals surface area contributed by atoms with Crippen LogP contribution in [0.15, 0.2) is 12.1 Å². The van der Waals surface area contributed by atoms with Gasteiger partial charge in [0.25, 0.3) is 5.91 Å². The van der Waals surface area contributed by atoms with Crippen LogP contribution in [0.2, 0.25) is 0 Å². The zero-order chi connectivity index (χ0) is 16.4. The molecule has 1 aromatic rings. The van der Waals surface area contributed by atoms with Crippen molar-refractivity contribution in [3.8, 4) is 17.2 Å². The van der Waals surface area contributed by atoms with Gasteiger partial charge >= 0.3 is 0 Å². The van der Waals surface area contributed by atoms with Gasteiger partial charge in [0.15, 0.2) is 11.5 Å². The lowest BCUT2D eigenvalue weighted by Gasteiger charge is -2.44. The highest BCUT2D eigenvalue weighted by atomic mass is 16.5. The number of amides is 1. The molecule has 3 saturated heterocycles. The van der Waals surface area contributed by atoms with E-state index in [9.17, 15) is 4.79 Å². The second-order valence-electron chi connectivity index (χ2n) is 6.13. The Bertz CT molecular complexity index is 557. The fraction of sp³-hybridized carbons (Fsp3) is 0.588. The summed E-state index contributed by atoms with van der Waals surface area (Å²) >= 11 is 0. The molecule has 1 aromatic carbocycles. The van der Waals surface area contributed by atoms with E-state index in [1.165, 1.54) is 12.8 Å². The molecule has 0 spiro atoms. The van der Waals surface area contributed by atoms with E-state index in [4.69, 9.17) is 14.2 Å². The molecule has 1 atom stereocenters. The molecule has 126 valence electrons. The first-order valence-electron chi connectivity index (χ1n) is 7.99. The minimum Gasteiger partial charge on any atom is -0.493 e. The Kier molecular flexibility index (Phi) is 4.61. The predicted molar refractivity (Wildman–Crippen MR) is 86.5 cm³/mol. The third-order valence-corrected chi connectivity index (χ3v) is 4.90. The summed E-state index contributed by atoms with van der Waals surface area (Å²) in [6.45, 7) is 3.25. The molecule has 0 aliphatic carbocycles. The van der Waals surface area contributed by atoms with Crippen LogP contribution >= 0.6 is 0 Å². The summed E-state index contributed by atoms with van der Waals surface area (Å²) in [4.78, 5) is 15.1. The fourth-order valence-corrected chi connectivity index (χ4v) is 3.59. The molecule has 3 fully saturated rings. The second-order valence-corrected chi connectivity index (χ2v) is 6.13. The van der Waals surface area contributed by atoms with E-state index in [2.05, 4.69) is 10.2 Å². The van der Waals surface area contributed by atoms with E-state index >= 15 is 0 Å². The smallest absolute Gasteiger partial charge is 0.251 e. The first-order valence-corrected chi connectivity index (χ1v) is 7.99. The summed E-state index contributed by atoms with van der Waals surface area (Å²) < 4.78 is 15.9. The predicted octanol–water partition coefficient (Wildman–Crippen LogP) is 1.54. The molecule has 6 heteroatoms. The normalized spacial score (nSPS) is 25.8. The average molecular weight is 320 g/mol. The van der Waals surface area contributed by atoms with Gasteiger partial charge in [-0.3, -0.25) is 4.79 Å². The van der Waals surface area contributed by atoms with Crippen molar-refractivity contribution in [2.24, 2.45) is 5.92 Å². The number of hydrogen-bond acceptors (Lipinski definition) is 5. The molecule has 0 unspecified atom stereocenters. The number of nitrogens with zero attached hydrogens (tertiary/aromatic N) is 1. The van der Waals surface area contributed by atoms with Crippen molar-refractivity contribution in [2.75, 3.05) is 41.0 Å². The van der Waals surface area contributed by atoms with Crippen LogP contribution in [-0.2, 0) is 0 Å². The summed E-state index contributed by atoms with van der Waals surface area (Å²) in [5, 5.41) is 3.17. The number of fused-ring (bicyclic) bond motifs is 3. The minimum atomic E-state index is -0.0944. The van der Waals surface area contributed by atoms with Gasteiger partial charge in [-0.1, -0.05) is 0 Å². The van der Waals surface area contributed by atoms with Gasteiger partial charge in [-0.05, 0) is 44.0 Å². The highest BCUT2D eigenvalue weighted by Gasteiger charge is 2.35. The molecule has 6 nitrogen and oxygen atoms in total. The third-order valence-electron chi connectivity index (χ3n) is 4.90. The molecule has 3 aliphatic rings. The summed E-state index contributed by atoms with van der Waals surface area (Å²) in [5.74, 6) is 1.97. The molecule has 3 heterocycles. The average Bonchev–Trinajstić information content (AvgIpc) is 2.61. The molecule has 4 rings (SSSR count). The van der Waals surface area contributed by atoms with Crippen molar-refractivity contribution < 1.29 is 19.0 Å². The van der Waals surface area contributed by atoms with Crippen LogP contribution < -0.4 is 19.5 Å².